The predicted octanol–water partition coefficient (Wildman–Crippen LogP) is 2.64. The summed E-state index contributed by atoms with van der Waals surface area (Å²) in [6, 6.07) is 7.48. The van der Waals surface area contributed by atoms with Crippen LogP contribution in [0.1, 0.15) is 32.3 Å². The third-order valence-electron chi connectivity index (χ3n) is 4.40. The molecule has 2 aliphatic rings. The average Bonchev–Trinajstić information content (AvgIpc) is 2.97. The van der Waals surface area contributed by atoms with Gasteiger partial charge in [0.25, 0.3) is 0 Å². The fourth-order valence-electron chi connectivity index (χ4n) is 3.18. The maximum atomic E-state index is 12.6. The Labute approximate surface area is 129 Å². The molecule has 2 saturated heterocycles. The van der Waals surface area contributed by atoms with Crippen LogP contribution < -0.4 is 5.32 Å². The van der Waals surface area contributed by atoms with Crippen molar-refractivity contribution in [2.75, 3.05) is 11.1 Å². The Morgan fingerprint density at radius 3 is 3.00 bits per heavy atom. The normalized spacial score (nSPS) is 27.8. The first-order chi connectivity index (χ1) is 10.0. The van der Waals surface area contributed by atoms with E-state index in [4.69, 9.17) is 0 Å². The van der Waals surface area contributed by atoms with Crippen molar-refractivity contribution in [1.29, 1.82) is 0 Å². The quantitative estimate of drug-likeness (QED) is 0.934. The van der Waals surface area contributed by atoms with Crippen molar-refractivity contribution < 1.29 is 9.59 Å². The van der Waals surface area contributed by atoms with E-state index >= 15 is 0 Å². The number of rotatable bonds is 3. The molecule has 0 spiro atoms. The second-order valence-corrected chi connectivity index (χ2v) is 7.27. The maximum Gasteiger partial charge on any atom is 0.248 e. The summed E-state index contributed by atoms with van der Waals surface area (Å²) in [5.41, 5.74) is 1.97. The molecule has 2 aliphatic heterocycles. The molecule has 2 fully saturated rings. The van der Waals surface area contributed by atoms with Crippen LogP contribution in [-0.2, 0) is 16.0 Å². The van der Waals surface area contributed by atoms with E-state index in [1.807, 2.05) is 24.3 Å². The SMILES string of the molecule is CCc1ccccc1NC(=O)[C@@H]1CS[C@@]2(C)CCC(=O)N12. The molecule has 0 unspecified atom stereocenters. The summed E-state index contributed by atoms with van der Waals surface area (Å²) in [5, 5.41) is 3.01. The highest BCUT2D eigenvalue weighted by molar-refractivity contribution is 8.01. The molecule has 4 nitrogen and oxygen atoms in total. The Kier molecular flexibility index (Phi) is 3.69. The lowest BCUT2D eigenvalue weighted by molar-refractivity contribution is -0.135. The fraction of sp³-hybridized carbons (Fsp3) is 0.500. The van der Waals surface area contributed by atoms with Crippen molar-refractivity contribution in [2.24, 2.45) is 0 Å². The van der Waals surface area contributed by atoms with Crippen LogP contribution >= 0.6 is 11.8 Å². The fourth-order valence-corrected chi connectivity index (χ4v) is 4.61. The zero-order valence-electron chi connectivity index (χ0n) is 12.4. The average molecular weight is 304 g/mol. The molecule has 0 bridgehead atoms. The summed E-state index contributed by atoms with van der Waals surface area (Å²) in [5.74, 6) is 0.719. The summed E-state index contributed by atoms with van der Waals surface area (Å²) in [4.78, 5) is 26.3. The molecule has 21 heavy (non-hydrogen) atoms. The van der Waals surface area contributed by atoms with Crippen LogP contribution in [0, 0.1) is 0 Å². The Hall–Kier alpha value is -1.49. The van der Waals surface area contributed by atoms with Crippen LogP contribution in [0.5, 0.6) is 0 Å². The van der Waals surface area contributed by atoms with Crippen LogP contribution in [0.15, 0.2) is 24.3 Å². The van der Waals surface area contributed by atoms with Gasteiger partial charge in [-0.15, -0.1) is 11.8 Å². The highest BCUT2D eigenvalue weighted by Gasteiger charge is 2.52. The smallest absolute Gasteiger partial charge is 0.248 e. The Morgan fingerprint density at radius 1 is 1.48 bits per heavy atom. The van der Waals surface area contributed by atoms with Gasteiger partial charge in [-0.3, -0.25) is 9.59 Å². The first-order valence-electron chi connectivity index (χ1n) is 7.40. The number of anilines is 1. The van der Waals surface area contributed by atoms with Crippen LogP contribution in [0.2, 0.25) is 0 Å². The second-order valence-electron chi connectivity index (χ2n) is 5.77. The first kappa shape index (κ1) is 14.4. The van der Waals surface area contributed by atoms with Crippen LogP contribution in [-0.4, -0.2) is 33.4 Å². The zero-order valence-corrected chi connectivity index (χ0v) is 13.2. The lowest BCUT2D eigenvalue weighted by atomic mass is 10.1. The molecule has 1 aromatic carbocycles. The van der Waals surface area contributed by atoms with Gasteiger partial charge >= 0.3 is 0 Å². The van der Waals surface area contributed by atoms with E-state index in [9.17, 15) is 9.59 Å². The van der Waals surface area contributed by atoms with Gasteiger partial charge in [-0.2, -0.15) is 0 Å². The Morgan fingerprint density at radius 2 is 2.24 bits per heavy atom. The molecule has 1 aromatic rings. The van der Waals surface area contributed by atoms with Crippen molar-refractivity contribution in [3.8, 4) is 0 Å². The first-order valence-corrected chi connectivity index (χ1v) is 8.38. The van der Waals surface area contributed by atoms with E-state index in [-0.39, 0.29) is 22.7 Å². The molecule has 2 heterocycles. The van der Waals surface area contributed by atoms with E-state index in [2.05, 4.69) is 19.2 Å². The van der Waals surface area contributed by atoms with E-state index in [1.165, 1.54) is 0 Å². The molecule has 2 amide bonds. The van der Waals surface area contributed by atoms with E-state index < -0.39 is 0 Å². The largest absolute Gasteiger partial charge is 0.324 e. The number of hydrogen-bond acceptors (Lipinski definition) is 3. The van der Waals surface area contributed by atoms with Crippen LogP contribution in [0.25, 0.3) is 0 Å². The van der Waals surface area contributed by atoms with E-state index in [0.29, 0.717) is 12.2 Å². The van der Waals surface area contributed by atoms with Crippen LogP contribution in [0.4, 0.5) is 5.69 Å². The van der Waals surface area contributed by atoms with Crippen molar-refractivity contribution >= 4 is 29.3 Å². The van der Waals surface area contributed by atoms with Crippen molar-refractivity contribution in [3.05, 3.63) is 29.8 Å². The van der Waals surface area contributed by atoms with Gasteiger partial charge in [0.1, 0.15) is 6.04 Å². The standard InChI is InChI=1S/C16H20N2O2S/c1-3-11-6-4-5-7-12(11)17-15(20)13-10-21-16(2)9-8-14(19)18(13)16/h4-7,13H,3,8-10H2,1-2H3,(H,17,20)/t13-,16-/m0/s1. The van der Waals surface area contributed by atoms with Gasteiger partial charge in [0.2, 0.25) is 11.8 Å². The highest BCUT2D eigenvalue weighted by atomic mass is 32.2. The Balaban J connectivity index is 1.79. The van der Waals surface area contributed by atoms with Crippen molar-refractivity contribution in [1.82, 2.24) is 4.90 Å². The highest BCUT2D eigenvalue weighted by Crippen LogP contribution is 2.47. The predicted molar refractivity (Wildman–Crippen MR) is 85.2 cm³/mol. The number of carbonyl (C=O) groups excluding carboxylic acids is 2. The molecule has 0 saturated carbocycles. The van der Waals surface area contributed by atoms with E-state index in [1.54, 1.807) is 16.7 Å². The minimum atomic E-state index is -0.347. The number of carbonyl (C=O) groups is 2. The van der Waals surface area contributed by atoms with E-state index in [0.717, 1.165) is 24.1 Å². The molecule has 1 N–H and O–H groups in total. The molecule has 0 aliphatic carbocycles. The lowest BCUT2D eigenvalue weighted by Gasteiger charge is -2.30. The molecule has 2 atom stereocenters. The molecule has 0 radical (unpaired) electrons. The lowest BCUT2D eigenvalue weighted by Crippen LogP contribution is -2.48. The molecule has 3 rings (SSSR count). The van der Waals surface area contributed by atoms with Crippen molar-refractivity contribution in [3.63, 3.8) is 0 Å². The second kappa shape index (κ2) is 5.37. The van der Waals surface area contributed by atoms with Gasteiger partial charge in [-0.1, -0.05) is 25.1 Å². The minimum absolute atomic E-state index is 0.0672. The minimum Gasteiger partial charge on any atom is -0.324 e. The number of benzene rings is 1. The summed E-state index contributed by atoms with van der Waals surface area (Å²) in [7, 11) is 0. The Bertz CT molecular complexity index is 589. The topological polar surface area (TPSA) is 49.4 Å². The number of hydrogen-bond donors (Lipinski definition) is 1. The molecule has 112 valence electrons. The summed E-state index contributed by atoms with van der Waals surface area (Å²) in [6.07, 6.45) is 2.26. The molecule has 5 heteroatoms. The number of para-hydroxylation sites is 1. The summed E-state index contributed by atoms with van der Waals surface area (Å²) < 4.78 is 0. The van der Waals surface area contributed by atoms with Gasteiger partial charge in [0.15, 0.2) is 0 Å². The third kappa shape index (κ3) is 2.44. The van der Waals surface area contributed by atoms with Gasteiger partial charge in [0.05, 0.1) is 4.87 Å². The maximum absolute atomic E-state index is 12.6. The number of nitrogens with one attached hydrogen (secondary N) is 1. The monoisotopic (exact) mass is 304 g/mol. The number of thioether (sulfide) groups is 1. The van der Waals surface area contributed by atoms with Gasteiger partial charge in [0, 0.05) is 17.9 Å². The van der Waals surface area contributed by atoms with Gasteiger partial charge < -0.3 is 10.2 Å². The zero-order chi connectivity index (χ0) is 15.0. The molecular formula is C16H20N2O2S. The molecular weight excluding hydrogens is 284 g/mol. The van der Waals surface area contributed by atoms with Gasteiger partial charge in [-0.05, 0) is 31.4 Å². The van der Waals surface area contributed by atoms with Crippen molar-refractivity contribution in [2.45, 2.75) is 44.0 Å². The number of amides is 2. The third-order valence-corrected chi connectivity index (χ3v) is 5.91. The summed E-state index contributed by atoms with van der Waals surface area (Å²) in [6.45, 7) is 4.13. The number of fused-ring (bicyclic) bond motifs is 1. The summed E-state index contributed by atoms with van der Waals surface area (Å²) >= 11 is 1.72. The molecule has 0 aromatic heterocycles. The van der Waals surface area contributed by atoms with Crippen LogP contribution in [0.3, 0.4) is 0 Å². The number of aryl methyl sites for hydroxylation is 1. The number of nitrogens with zero attached hydrogens (tertiary/aromatic N) is 1. The van der Waals surface area contributed by atoms with Gasteiger partial charge in [-0.25, -0.2) is 0 Å².